The predicted molar refractivity (Wildman–Crippen MR) is 85.4 cm³/mol. The summed E-state index contributed by atoms with van der Waals surface area (Å²) < 4.78 is 10.2. The number of hydrogen-bond donors (Lipinski definition) is 0. The fraction of sp³-hybridized carbons (Fsp3) is 0.333. The lowest BCUT2D eigenvalue weighted by Crippen LogP contribution is -2.33. The van der Waals surface area contributed by atoms with E-state index in [2.05, 4.69) is 0 Å². The second-order valence-electron chi connectivity index (χ2n) is 4.72. The van der Waals surface area contributed by atoms with Crippen molar-refractivity contribution >= 4 is 34.6 Å². The van der Waals surface area contributed by atoms with E-state index in [0.717, 1.165) is 0 Å². The van der Waals surface area contributed by atoms with E-state index in [4.69, 9.17) is 21.1 Å². The molecule has 9 heteroatoms. The number of carbonyl (C=O) groups excluding carboxylic acids is 2. The van der Waals surface area contributed by atoms with E-state index in [1.165, 1.54) is 18.2 Å². The Kier molecular flexibility index (Phi) is 5.40. The Hall–Kier alpha value is -2.61. The van der Waals surface area contributed by atoms with Crippen molar-refractivity contribution in [1.82, 2.24) is 4.73 Å². The van der Waals surface area contributed by atoms with Gasteiger partial charge in [-0.2, -0.15) is 0 Å². The number of fused-ring (bicyclic) bond motifs is 1. The van der Waals surface area contributed by atoms with Crippen molar-refractivity contribution in [2.75, 3.05) is 13.2 Å². The van der Waals surface area contributed by atoms with Gasteiger partial charge in [0.2, 0.25) is 0 Å². The Morgan fingerprint density at radius 3 is 2.54 bits per heavy atom. The maximum absolute atomic E-state index is 12.6. The summed E-state index contributed by atoms with van der Waals surface area (Å²) in [4.78, 5) is 36.4. The number of carbonyl (C=O) groups is 2. The molecule has 1 heterocycles. The summed E-state index contributed by atoms with van der Waals surface area (Å²) in [7, 11) is 0. The fourth-order valence-corrected chi connectivity index (χ4v) is 2.38. The standard InChI is InChI=1S/C15H15ClN2O6/c1-3-23-13(19)8-12-14(15(20)24-4-2)18(22)11-7-9(16)5-6-10(11)17(12)21/h5-7H,3-4,8H2,1-2H3. The lowest BCUT2D eigenvalue weighted by Gasteiger charge is -2.18. The summed E-state index contributed by atoms with van der Waals surface area (Å²) in [5.41, 5.74) is -1.03. The van der Waals surface area contributed by atoms with Crippen LogP contribution in [0.1, 0.15) is 30.0 Å². The van der Waals surface area contributed by atoms with Gasteiger partial charge in [-0.25, -0.2) is 4.79 Å². The van der Waals surface area contributed by atoms with Gasteiger partial charge in [-0.15, -0.1) is 0 Å². The minimum absolute atomic E-state index is 0.00409. The molecule has 0 atom stereocenters. The highest BCUT2D eigenvalue weighted by Gasteiger charge is 2.31. The maximum atomic E-state index is 12.6. The van der Waals surface area contributed by atoms with Gasteiger partial charge < -0.3 is 19.4 Å². The van der Waals surface area contributed by atoms with Crippen LogP contribution in [-0.2, 0) is 20.7 Å². The van der Waals surface area contributed by atoms with Crippen molar-refractivity contribution in [1.29, 1.82) is 0 Å². The molecule has 0 aliphatic heterocycles. The van der Waals surface area contributed by atoms with Gasteiger partial charge in [0.1, 0.15) is 11.2 Å². The number of hydrogen-bond acceptors (Lipinski definition) is 6. The van der Waals surface area contributed by atoms with E-state index in [9.17, 15) is 19.7 Å². The molecule has 0 amide bonds. The van der Waals surface area contributed by atoms with Gasteiger partial charge in [-0.3, -0.25) is 4.79 Å². The first-order valence-electron chi connectivity index (χ1n) is 7.20. The zero-order chi connectivity index (χ0) is 17.9. The SMILES string of the molecule is CCOC(=O)Cc1c(C(=O)OCC)[n+](=O)c2cc(Cl)ccc2n1[O-]. The monoisotopic (exact) mass is 354 g/mol. The molecule has 2 rings (SSSR count). The molecule has 24 heavy (non-hydrogen) atoms. The number of esters is 2. The lowest BCUT2D eigenvalue weighted by molar-refractivity contribution is -0.469. The Labute approximate surface area is 141 Å². The van der Waals surface area contributed by atoms with Gasteiger partial charge in [0.15, 0.2) is 0 Å². The Morgan fingerprint density at radius 2 is 1.92 bits per heavy atom. The molecule has 0 bridgehead atoms. The molecule has 0 fully saturated rings. The highest BCUT2D eigenvalue weighted by atomic mass is 35.5. The topological polar surface area (TPSA) is 104 Å². The summed E-state index contributed by atoms with van der Waals surface area (Å²) in [6, 6.07) is 4.02. The fourth-order valence-electron chi connectivity index (χ4n) is 2.21. The van der Waals surface area contributed by atoms with E-state index < -0.39 is 24.1 Å². The van der Waals surface area contributed by atoms with Crippen molar-refractivity contribution in [3.05, 3.63) is 44.7 Å². The van der Waals surface area contributed by atoms with Crippen molar-refractivity contribution < 1.29 is 23.5 Å². The number of ether oxygens (including phenoxy) is 2. The smallest absolute Gasteiger partial charge is 0.410 e. The van der Waals surface area contributed by atoms with Crippen molar-refractivity contribution in [3.8, 4) is 0 Å². The molecule has 0 spiro atoms. The highest BCUT2D eigenvalue weighted by molar-refractivity contribution is 6.31. The first kappa shape index (κ1) is 17.7. The largest absolute Gasteiger partial charge is 0.805 e. The molecule has 1 aromatic carbocycles. The minimum atomic E-state index is -1.00. The van der Waals surface area contributed by atoms with Crippen LogP contribution in [0.5, 0.6) is 0 Å². The van der Waals surface area contributed by atoms with Gasteiger partial charge >= 0.3 is 17.6 Å². The van der Waals surface area contributed by atoms with Gasteiger partial charge in [0.05, 0.1) is 24.1 Å². The summed E-state index contributed by atoms with van der Waals surface area (Å²) in [5.74, 6) is -1.74. The summed E-state index contributed by atoms with van der Waals surface area (Å²) in [5, 5.41) is 12.8. The molecule has 1 aromatic heterocycles. The van der Waals surface area contributed by atoms with Crippen LogP contribution >= 0.6 is 11.6 Å². The first-order valence-corrected chi connectivity index (χ1v) is 7.58. The van der Waals surface area contributed by atoms with Crippen LogP contribution in [-0.4, -0.2) is 29.9 Å². The van der Waals surface area contributed by atoms with Gasteiger partial charge in [0, 0.05) is 16.0 Å². The van der Waals surface area contributed by atoms with Crippen LogP contribution in [0.25, 0.3) is 11.0 Å². The summed E-state index contributed by atoms with van der Waals surface area (Å²) in [6.07, 6.45) is -0.535. The Balaban J connectivity index is 2.76. The van der Waals surface area contributed by atoms with E-state index in [-0.39, 0.29) is 39.4 Å². The van der Waals surface area contributed by atoms with Crippen LogP contribution in [0.2, 0.25) is 5.02 Å². The normalized spacial score (nSPS) is 10.6. The number of aromatic nitrogens is 2. The molecule has 0 unspecified atom stereocenters. The zero-order valence-corrected chi connectivity index (χ0v) is 13.8. The summed E-state index contributed by atoms with van der Waals surface area (Å²) >= 11 is 5.85. The highest BCUT2D eigenvalue weighted by Crippen LogP contribution is 2.20. The van der Waals surface area contributed by atoms with Gasteiger partial charge in [-0.1, -0.05) is 11.6 Å². The zero-order valence-electron chi connectivity index (χ0n) is 13.1. The van der Waals surface area contributed by atoms with Crippen molar-refractivity contribution in [2.24, 2.45) is 0 Å². The first-order chi connectivity index (χ1) is 11.4. The third kappa shape index (κ3) is 3.33. The molecule has 128 valence electrons. The predicted octanol–water partition coefficient (Wildman–Crippen LogP) is 1.84. The molecule has 8 nitrogen and oxygen atoms in total. The Morgan fingerprint density at radius 1 is 1.25 bits per heavy atom. The van der Waals surface area contributed by atoms with Gasteiger partial charge in [0.25, 0.3) is 5.52 Å². The molecule has 2 aromatic rings. The number of halogens is 1. The molecule has 0 aliphatic carbocycles. The molecule has 0 aliphatic rings. The third-order valence-corrected chi connectivity index (χ3v) is 3.42. The van der Waals surface area contributed by atoms with E-state index in [1.807, 2.05) is 0 Å². The molecule has 0 saturated carbocycles. The Bertz CT molecular complexity index is 861. The molecular formula is C15H15ClN2O6. The average Bonchev–Trinajstić information content (AvgIpc) is 2.53. The van der Waals surface area contributed by atoms with Crippen LogP contribution in [0.3, 0.4) is 0 Å². The quantitative estimate of drug-likeness (QED) is 0.599. The van der Waals surface area contributed by atoms with Crippen LogP contribution in [0, 0.1) is 10.1 Å². The van der Waals surface area contributed by atoms with E-state index in [1.54, 1.807) is 13.8 Å². The van der Waals surface area contributed by atoms with E-state index >= 15 is 0 Å². The lowest BCUT2D eigenvalue weighted by atomic mass is 10.2. The van der Waals surface area contributed by atoms with Crippen LogP contribution in [0.15, 0.2) is 18.2 Å². The van der Waals surface area contributed by atoms with Gasteiger partial charge in [-0.05, 0) is 26.0 Å². The molecule has 0 N–H and O–H groups in total. The molecule has 0 saturated heterocycles. The van der Waals surface area contributed by atoms with E-state index in [0.29, 0.717) is 4.73 Å². The van der Waals surface area contributed by atoms with Crippen molar-refractivity contribution in [2.45, 2.75) is 20.3 Å². The third-order valence-electron chi connectivity index (χ3n) is 3.18. The number of nitrogens with zero attached hydrogens (tertiary/aromatic N) is 2. The molecule has 0 radical (unpaired) electrons. The molecular weight excluding hydrogens is 340 g/mol. The summed E-state index contributed by atoms with van der Waals surface area (Å²) in [6.45, 7) is 3.27. The number of rotatable bonds is 5. The second-order valence-corrected chi connectivity index (χ2v) is 5.16. The second kappa shape index (κ2) is 7.31. The van der Waals surface area contributed by atoms with Crippen LogP contribution < -0.4 is 4.43 Å². The average molecular weight is 355 g/mol. The van der Waals surface area contributed by atoms with Crippen molar-refractivity contribution in [3.63, 3.8) is 0 Å². The number of benzene rings is 1. The van der Waals surface area contributed by atoms with Crippen LogP contribution in [0.4, 0.5) is 0 Å². The maximum Gasteiger partial charge on any atom is 0.410 e. The minimum Gasteiger partial charge on any atom is -0.805 e.